The van der Waals surface area contributed by atoms with Crippen molar-refractivity contribution in [2.75, 3.05) is 25.5 Å². The van der Waals surface area contributed by atoms with E-state index in [1.54, 1.807) is 12.1 Å². The van der Waals surface area contributed by atoms with Crippen molar-refractivity contribution in [2.45, 2.75) is 17.9 Å². The predicted molar refractivity (Wildman–Crippen MR) is 134 cm³/mol. The number of carbonyl (C=O) groups excluding carboxylic acids is 2. The maximum Gasteiger partial charge on any atom is 0.262 e. The molecule has 2 amide bonds. The molecular weight excluding hydrogens is 430 g/mol. The summed E-state index contributed by atoms with van der Waals surface area (Å²) >= 11 is 1.45. The van der Waals surface area contributed by atoms with Crippen LogP contribution in [-0.2, 0) is 11.3 Å². The van der Waals surface area contributed by atoms with E-state index in [0.29, 0.717) is 17.0 Å². The zero-order chi connectivity index (χ0) is 23.0. The fourth-order valence-electron chi connectivity index (χ4n) is 3.71. The van der Waals surface area contributed by atoms with Gasteiger partial charge in [-0.3, -0.25) is 9.59 Å². The Labute approximate surface area is 198 Å². The average Bonchev–Trinajstić information content (AvgIpc) is 2.83. The second kappa shape index (κ2) is 11.0. The van der Waals surface area contributed by atoms with Crippen LogP contribution >= 0.6 is 11.8 Å². The van der Waals surface area contributed by atoms with Crippen molar-refractivity contribution in [2.24, 2.45) is 0 Å². The van der Waals surface area contributed by atoms with E-state index < -0.39 is 0 Å². The summed E-state index contributed by atoms with van der Waals surface area (Å²) < 4.78 is 0. The number of fused-ring (bicyclic) bond motifs is 1. The van der Waals surface area contributed by atoms with Gasteiger partial charge in [-0.1, -0.05) is 66.4 Å². The minimum atomic E-state index is -0.111. The molecule has 0 fully saturated rings. The third kappa shape index (κ3) is 6.34. The van der Waals surface area contributed by atoms with Crippen LogP contribution in [0.25, 0.3) is 6.08 Å². The number of rotatable bonds is 8. The van der Waals surface area contributed by atoms with E-state index in [2.05, 4.69) is 41.9 Å². The van der Waals surface area contributed by atoms with Crippen LogP contribution in [0.4, 0.5) is 5.69 Å². The molecule has 0 bridgehead atoms. The highest BCUT2D eigenvalue weighted by molar-refractivity contribution is 8.04. The van der Waals surface area contributed by atoms with Crippen molar-refractivity contribution >= 4 is 35.3 Å². The molecule has 3 aromatic rings. The Hall–Kier alpha value is -3.35. The van der Waals surface area contributed by atoms with Gasteiger partial charge in [0, 0.05) is 29.0 Å². The zero-order valence-corrected chi connectivity index (χ0v) is 19.5. The molecule has 0 aromatic heterocycles. The van der Waals surface area contributed by atoms with Gasteiger partial charge >= 0.3 is 0 Å². The fraction of sp³-hybridized carbons (Fsp3) is 0.185. The number of hydrogen-bond donors (Lipinski definition) is 3. The largest absolute Gasteiger partial charge is 0.352 e. The summed E-state index contributed by atoms with van der Waals surface area (Å²) in [5, 5.41) is 5.92. The Balaban J connectivity index is 1.25. The van der Waals surface area contributed by atoms with E-state index in [9.17, 15) is 9.59 Å². The summed E-state index contributed by atoms with van der Waals surface area (Å²) in [6.07, 6.45) is 2.77. The minimum absolute atomic E-state index is 0.0753. The van der Waals surface area contributed by atoms with Gasteiger partial charge in [-0.25, -0.2) is 0 Å². The second-order valence-electron chi connectivity index (χ2n) is 8.16. The highest BCUT2D eigenvalue weighted by Crippen LogP contribution is 2.38. The predicted octanol–water partition coefficient (Wildman–Crippen LogP) is 3.61. The molecule has 0 radical (unpaired) electrons. The van der Waals surface area contributed by atoms with Gasteiger partial charge < -0.3 is 15.5 Å². The lowest BCUT2D eigenvalue weighted by atomic mass is 10.1. The molecule has 3 N–H and O–H groups in total. The SMILES string of the molecule is C[NH+](CCCNC(=O)c1ccc(C=C2Sc3ccccc3NC2=O)cc1)Cc1ccccc1. The second-order valence-corrected chi connectivity index (χ2v) is 9.25. The fourth-order valence-corrected chi connectivity index (χ4v) is 4.66. The maximum absolute atomic E-state index is 12.5. The van der Waals surface area contributed by atoms with Crippen molar-refractivity contribution in [1.82, 2.24) is 5.32 Å². The molecule has 1 heterocycles. The van der Waals surface area contributed by atoms with E-state index >= 15 is 0 Å². The molecule has 0 spiro atoms. The van der Waals surface area contributed by atoms with Crippen LogP contribution in [-0.4, -0.2) is 32.0 Å². The molecule has 168 valence electrons. The van der Waals surface area contributed by atoms with E-state index in [1.165, 1.54) is 22.2 Å². The normalized spacial score (nSPS) is 14.9. The molecule has 0 aliphatic carbocycles. The zero-order valence-electron chi connectivity index (χ0n) is 18.6. The maximum atomic E-state index is 12.5. The van der Waals surface area contributed by atoms with Gasteiger partial charge in [-0.15, -0.1) is 0 Å². The summed E-state index contributed by atoms with van der Waals surface area (Å²) in [6.45, 7) is 2.62. The lowest BCUT2D eigenvalue weighted by Gasteiger charge is -2.18. The lowest BCUT2D eigenvalue weighted by molar-refractivity contribution is -0.893. The van der Waals surface area contributed by atoms with Gasteiger partial charge in [0.25, 0.3) is 11.8 Å². The number of hydrogen-bond acceptors (Lipinski definition) is 3. The van der Waals surface area contributed by atoms with E-state index in [1.807, 2.05) is 48.5 Å². The van der Waals surface area contributed by atoms with Crippen LogP contribution in [0.2, 0.25) is 0 Å². The average molecular weight is 459 g/mol. The highest BCUT2D eigenvalue weighted by Gasteiger charge is 2.20. The summed E-state index contributed by atoms with van der Waals surface area (Å²) in [5.74, 6) is -0.187. The van der Waals surface area contributed by atoms with Crippen LogP contribution in [0.5, 0.6) is 0 Å². The molecule has 0 saturated carbocycles. The summed E-state index contributed by atoms with van der Waals surface area (Å²) in [4.78, 5) is 27.9. The van der Waals surface area contributed by atoms with Crippen molar-refractivity contribution < 1.29 is 14.5 Å². The first-order valence-corrected chi connectivity index (χ1v) is 11.9. The molecular formula is C27H28N3O2S+. The van der Waals surface area contributed by atoms with Crippen molar-refractivity contribution in [3.63, 3.8) is 0 Å². The summed E-state index contributed by atoms with van der Waals surface area (Å²) in [6, 6.07) is 25.5. The van der Waals surface area contributed by atoms with Crippen LogP contribution in [0.3, 0.4) is 0 Å². The van der Waals surface area contributed by atoms with Crippen molar-refractivity contribution in [3.8, 4) is 0 Å². The van der Waals surface area contributed by atoms with E-state index in [-0.39, 0.29) is 11.8 Å². The van der Waals surface area contributed by atoms with Gasteiger partial charge in [0.2, 0.25) is 0 Å². The lowest BCUT2D eigenvalue weighted by Crippen LogP contribution is -3.07. The Morgan fingerprint density at radius 3 is 2.52 bits per heavy atom. The summed E-state index contributed by atoms with van der Waals surface area (Å²) in [7, 11) is 2.17. The molecule has 1 aliphatic rings. The highest BCUT2D eigenvalue weighted by atomic mass is 32.2. The van der Waals surface area contributed by atoms with Crippen molar-refractivity contribution in [3.05, 3.63) is 100 Å². The first-order valence-electron chi connectivity index (χ1n) is 11.1. The Morgan fingerprint density at radius 1 is 1.00 bits per heavy atom. The number of anilines is 1. The van der Waals surface area contributed by atoms with Gasteiger partial charge in [0.05, 0.1) is 24.2 Å². The quantitative estimate of drug-likeness (QED) is 0.357. The standard InChI is InChI=1S/C27H27N3O2S/c1-30(19-21-8-3-2-4-9-21)17-7-16-28-26(31)22-14-12-20(13-15-22)18-25-27(32)29-23-10-5-6-11-24(23)33-25/h2-6,8-15,18H,7,16-17,19H2,1H3,(H,28,31)(H,29,32)/p+1. The molecule has 0 saturated heterocycles. The van der Waals surface area contributed by atoms with E-state index in [0.717, 1.165) is 35.7 Å². The van der Waals surface area contributed by atoms with Gasteiger partial charge in [0.1, 0.15) is 6.54 Å². The Bertz CT molecular complexity index is 1140. The number of thioether (sulfide) groups is 1. The smallest absolute Gasteiger partial charge is 0.262 e. The first kappa shape index (κ1) is 22.8. The van der Waals surface area contributed by atoms with Crippen LogP contribution in [0.1, 0.15) is 27.9 Å². The third-order valence-electron chi connectivity index (χ3n) is 5.46. The first-order chi connectivity index (χ1) is 16.1. The topological polar surface area (TPSA) is 62.6 Å². The van der Waals surface area contributed by atoms with Crippen molar-refractivity contribution in [1.29, 1.82) is 0 Å². The van der Waals surface area contributed by atoms with Crippen LogP contribution in [0, 0.1) is 0 Å². The number of para-hydroxylation sites is 1. The Morgan fingerprint density at radius 2 is 1.73 bits per heavy atom. The Kier molecular flexibility index (Phi) is 7.60. The molecule has 1 unspecified atom stereocenters. The molecule has 5 nitrogen and oxygen atoms in total. The number of amides is 2. The van der Waals surface area contributed by atoms with Crippen LogP contribution in [0.15, 0.2) is 88.7 Å². The third-order valence-corrected chi connectivity index (χ3v) is 6.56. The number of benzene rings is 3. The van der Waals surface area contributed by atoms with E-state index in [4.69, 9.17) is 0 Å². The monoisotopic (exact) mass is 458 g/mol. The molecule has 3 aromatic carbocycles. The molecule has 1 aliphatic heterocycles. The number of nitrogens with one attached hydrogen (secondary N) is 3. The molecule has 1 atom stereocenters. The number of quaternary nitrogens is 1. The minimum Gasteiger partial charge on any atom is -0.352 e. The van der Waals surface area contributed by atoms with Gasteiger partial charge in [0.15, 0.2) is 0 Å². The van der Waals surface area contributed by atoms with Crippen LogP contribution < -0.4 is 15.5 Å². The molecule has 4 rings (SSSR count). The van der Waals surface area contributed by atoms with Gasteiger partial charge in [-0.2, -0.15) is 0 Å². The molecule has 6 heteroatoms. The van der Waals surface area contributed by atoms with Gasteiger partial charge in [-0.05, 0) is 35.9 Å². The summed E-state index contributed by atoms with van der Waals surface area (Å²) in [5.41, 5.74) is 3.66. The molecule has 33 heavy (non-hydrogen) atoms. The number of carbonyl (C=O) groups is 2.